The Hall–Kier alpha value is -3.59. The van der Waals surface area contributed by atoms with Crippen molar-refractivity contribution in [3.05, 3.63) is 70.0 Å². The summed E-state index contributed by atoms with van der Waals surface area (Å²) in [6.45, 7) is 1.71. The van der Waals surface area contributed by atoms with Crippen molar-refractivity contribution in [2.45, 2.75) is 19.4 Å². The van der Waals surface area contributed by atoms with Crippen LogP contribution in [0, 0.1) is 12.7 Å². The maximum Gasteiger partial charge on any atom is 0.340 e. The summed E-state index contributed by atoms with van der Waals surface area (Å²) in [6, 6.07) is 8.37. The fraction of sp³-hybridized carbons (Fsp3) is 0.208. The molecule has 0 aliphatic rings. The topological polar surface area (TPSA) is 110 Å². The maximum absolute atomic E-state index is 13.3. The second-order valence-corrected chi connectivity index (χ2v) is 8.50. The molecule has 0 unspecified atom stereocenters. The molecule has 9 heteroatoms. The number of carbonyl (C=O) groups excluding carboxylic acids is 1. The normalized spacial score (nSPS) is 12.2. The van der Waals surface area contributed by atoms with Crippen molar-refractivity contribution in [3.63, 3.8) is 0 Å². The molecule has 0 bridgehead atoms. The minimum atomic E-state index is -1.14. The van der Waals surface area contributed by atoms with Gasteiger partial charge < -0.3 is 19.3 Å². The van der Waals surface area contributed by atoms with Crippen molar-refractivity contribution in [3.8, 4) is 11.1 Å². The van der Waals surface area contributed by atoms with Gasteiger partial charge in [0.25, 0.3) is 0 Å². The first-order valence-corrected chi connectivity index (χ1v) is 11.4. The number of benzene rings is 2. The molecule has 2 N–H and O–H groups in total. The Kier molecular flexibility index (Phi) is 6.24. The predicted octanol–water partition coefficient (Wildman–Crippen LogP) is 4.13. The Bertz CT molecular complexity index is 1420. The van der Waals surface area contributed by atoms with E-state index in [1.54, 1.807) is 43.7 Å². The van der Waals surface area contributed by atoms with Gasteiger partial charge in [0.05, 0.1) is 18.2 Å². The Labute approximate surface area is 191 Å². The Morgan fingerprint density at radius 3 is 2.55 bits per heavy atom. The number of furan rings is 1. The van der Waals surface area contributed by atoms with Gasteiger partial charge in [-0.25, -0.2) is 14.0 Å². The number of carboxylic acid groups (broad SMARTS) is 1. The average Bonchev–Trinajstić information content (AvgIpc) is 3.18. The summed E-state index contributed by atoms with van der Waals surface area (Å²) in [5, 5.41) is 13.1. The molecule has 0 fully saturated rings. The zero-order chi connectivity index (χ0) is 23.7. The standard InChI is InChI=1S/C24H20FNO6S/c1-12-15-7-17-18(13-3-5-14(25)6-4-13)10-31-20(17)9-21(15)32-24(30)16(12)8-22(27)26-19(11-33-2)23(28)29/h3-7,9-10,19H,8,11H2,1-2H3,(H,26,27)(H,28,29)/t19-/m0/s1. The van der Waals surface area contributed by atoms with Crippen molar-refractivity contribution >= 4 is 45.6 Å². The molecule has 0 spiro atoms. The van der Waals surface area contributed by atoms with E-state index in [2.05, 4.69) is 5.32 Å². The number of aryl methyl sites for hydroxylation is 1. The molecule has 2 aromatic heterocycles. The number of fused-ring (bicyclic) bond motifs is 2. The van der Waals surface area contributed by atoms with Crippen LogP contribution in [-0.4, -0.2) is 35.0 Å². The molecule has 0 saturated carbocycles. The second kappa shape index (κ2) is 9.11. The van der Waals surface area contributed by atoms with Gasteiger partial charge in [-0.3, -0.25) is 4.79 Å². The Morgan fingerprint density at radius 2 is 1.88 bits per heavy atom. The van der Waals surface area contributed by atoms with Crippen molar-refractivity contribution in [1.29, 1.82) is 0 Å². The van der Waals surface area contributed by atoms with Crippen molar-refractivity contribution in [1.82, 2.24) is 5.32 Å². The maximum atomic E-state index is 13.3. The second-order valence-electron chi connectivity index (χ2n) is 7.58. The molecule has 2 aromatic carbocycles. The Morgan fingerprint density at radius 1 is 1.15 bits per heavy atom. The lowest BCUT2D eigenvalue weighted by Gasteiger charge is -2.14. The molecule has 170 valence electrons. The molecular weight excluding hydrogens is 449 g/mol. The largest absolute Gasteiger partial charge is 0.480 e. The van der Waals surface area contributed by atoms with Crippen LogP contribution in [0.2, 0.25) is 0 Å². The highest BCUT2D eigenvalue weighted by molar-refractivity contribution is 7.98. The van der Waals surface area contributed by atoms with E-state index in [0.717, 1.165) is 16.5 Å². The van der Waals surface area contributed by atoms with E-state index in [-0.39, 0.29) is 23.6 Å². The molecule has 1 amide bonds. The zero-order valence-electron chi connectivity index (χ0n) is 17.8. The number of halogens is 1. The lowest BCUT2D eigenvalue weighted by molar-refractivity contribution is -0.141. The van der Waals surface area contributed by atoms with Gasteiger partial charge in [0, 0.05) is 28.2 Å². The molecule has 0 aliphatic carbocycles. The van der Waals surface area contributed by atoms with Crippen LogP contribution in [0.1, 0.15) is 11.1 Å². The summed E-state index contributed by atoms with van der Waals surface area (Å²) < 4.78 is 24.4. The lowest BCUT2D eigenvalue weighted by atomic mass is 9.99. The van der Waals surface area contributed by atoms with Gasteiger partial charge in [-0.1, -0.05) is 12.1 Å². The number of amides is 1. The van der Waals surface area contributed by atoms with E-state index in [0.29, 0.717) is 22.1 Å². The van der Waals surface area contributed by atoms with E-state index in [4.69, 9.17) is 8.83 Å². The fourth-order valence-corrected chi connectivity index (χ4v) is 4.27. The van der Waals surface area contributed by atoms with Gasteiger partial charge in [0.1, 0.15) is 23.0 Å². The fourth-order valence-electron chi connectivity index (χ4n) is 3.71. The summed E-state index contributed by atoms with van der Waals surface area (Å²) in [6.07, 6.45) is 2.98. The molecule has 0 saturated heterocycles. The molecule has 0 radical (unpaired) electrons. The minimum absolute atomic E-state index is 0.152. The highest BCUT2D eigenvalue weighted by Crippen LogP contribution is 2.34. The molecule has 2 heterocycles. The van der Waals surface area contributed by atoms with Gasteiger partial charge >= 0.3 is 11.6 Å². The van der Waals surface area contributed by atoms with Gasteiger partial charge in [-0.15, -0.1) is 0 Å². The van der Waals surface area contributed by atoms with E-state index in [1.165, 1.54) is 23.9 Å². The third-order valence-corrected chi connectivity index (χ3v) is 6.11. The van der Waals surface area contributed by atoms with Gasteiger partial charge in [0.15, 0.2) is 0 Å². The number of carboxylic acids is 1. The first kappa shape index (κ1) is 22.6. The third kappa shape index (κ3) is 4.49. The summed E-state index contributed by atoms with van der Waals surface area (Å²) >= 11 is 1.29. The number of aliphatic carboxylic acids is 1. The summed E-state index contributed by atoms with van der Waals surface area (Å²) in [5.41, 5.74) is 2.35. The number of rotatable bonds is 7. The molecule has 7 nitrogen and oxygen atoms in total. The molecule has 4 rings (SSSR count). The van der Waals surface area contributed by atoms with Crippen molar-refractivity contribution in [2.24, 2.45) is 0 Å². The predicted molar refractivity (Wildman–Crippen MR) is 124 cm³/mol. The first-order chi connectivity index (χ1) is 15.8. The van der Waals surface area contributed by atoms with Crippen LogP contribution in [-0.2, 0) is 16.0 Å². The quantitative estimate of drug-likeness (QED) is 0.392. The van der Waals surface area contributed by atoms with Crippen LogP contribution >= 0.6 is 11.8 Å². The third-order valence-electron chi connectivity index (χ3n) is 5.44. The molecule has 33 heavy (non-hydrogen) atoms. The van der Waals surface area contributed by atoms with E-state index in [9.17, 15) is 23.9 Å². The molecular formula is C24H20FNO6S. The lowest BCUT2D eigenvalue weighted by Crippen LogP contribution is -2.43. The number of hydrogen-bond acceptors (Lipinski definition) is 6. The van der Waals surface area contributed by atoms with Crippen LogP contribution in [0.4, 0.5) is 4.39 Å². The van der Waals surface area contributed by atoms with Crippen molar-refractivity contribution < 1.29 is 27.9 Å². The highest BCUT2D eigenvalue weighted by Gasteiger charge is 2.22. The monoisotopic (exact) mass is 469 g/mol. The van der Waals surface area contributed by atoms with Gasteiger partial charge in [-0.2, -0.15) is 11.8 Å². The smallest absolute Gasteiger partial charge is 0.340 e. The number of thioether (sulfide) groups is 1. The highest BCUT2D eigenvalue weighted by atomic mass is 32.2. The first-order valence-electron chi connectivity index (χ1n) is 10.0. The minimum Gasteiger partial charge on any atom is -0.480 e. The summed E-state index contributed by atoms with van der Waals surface area (Å²) in [4.78, 5) is 36.4. The number of nitrogens with one attached hydrogen (secondary N) is 1. The van der Waals surface area contributed by atoms with E-state index >= 15 is 0 Å². The van der Waals surface area contributed by atoms with Crippen LogP contribution in [0.15, 0.2) is 56.3 Å². The summed E-state index contributed by atoms with van der Waals surface area (Å²) in [5.74, 6) is -1.87. The molecule has 1 atom stereocenters. The average molecular weight is 469 g/mol. The van der Waals surface area contributed by atoms with Crippen LogP contribution in [0.3, 0.4) is 0 Å². The van der Waals surface area contributed by atoms with Crippen LogP contribution < -0.4 is 10.9 Å². The number of carbonyl (C=O) groups is 2. The van der Waals surface area contributed by atoms with Crippen LogP contribution in [0.25, 0.3) is 33.1 Å². The van der Waals surface area contributed by atoms with Crippen molar-refractivity contribution in [2.75, 3.05) is 12.0 Å². The molecule has 0 aliphatic heterocycles. The van der Waals surface area contributed by atoms with Crippen LogP contribution in [0.5, 0.6) is 0 Å². The zero-order valence-corrected chi connectivity index (χ0v) is 18.6. The SMILES string of the molecule is CSC[C@H](NC(=O)Cc1c(C)c2cc3c(-c4ccc(F)cc4)coc3cc2oc1=O)C(=O)O. The van der Waals surface area contributed by atoms with Gasteiger partial charge in [-0.05, 0) is 42.5 Å². The van der Waals surface area contributed by atoms with E-state index in [1.807, 2.05) is 0 Å². The van der Waals surface area contributed by atoms with E-state index < -0.39 is 23.5 Å². The summed E-state index contributed by atoms with van der Waals surface area (Å²) in [7, 11) is 0. The van der Waals surface area contributed by atoms with Gasteiger partial charge in [0.2, 0.25) is 5.91 Å². The Balaban J connectivity index is 1.74. The number of hydrogen-bond donors (Lipinski definition) is 2. The molecule has 4 aromatic rings.